The summed E-state index contributed by atoms with van der Waals surface area (Å²) in [6, 6.07) is 2.49. The van der Waals surface area contributed by atoms with E-state index in [0.717, 1.165) is 0 Å². The second-order valence-electron chi connectivity index (χ2n) is 10.6. The Kier molecular flexibility index (Phi) is 8.12. The highest BCUT2D eigenvalue weighted by Gasteiger charge is 2.62. The summed E-state index contributed by atoms with van der Waals surface area (Å²) in [5.41, 5.74) is 0.938. The zero-order valence-electron chi connectivity index (χ0n) is 23.1. The molecular weight excluding hydrogens is 575 g/mol. The summed E-state index contributed by atoms with van der Waals surface area (Å²) in [5.74, 6) is -8.85. The summed E-state index contributed by atoms with van der Waals surface area (Å²) < 4.78 is 50.7. The first kappa shape index (κ1) is 29.7. The van der Waals surface area contributed by atoms with Gasteiger partial charge in [-0.25, -0.2) is 22.9 Å². The number of aliphatic carboxylic acids is 1. The Labute approximate surface area is 243 Å². The summed E-state index contributed by atoms with van der Waals surface area (Å²) >= 11 is 1.27. The molecule has 4 atom stereocenters. The maximum atomic E-state index is 15.3. The number of alkyl halides is 2. The molecule has 5 rings (SSSR count). The number of nitrogens with one attached hydrogen (secondary N) is 1. The molecule has 1 aromatic carbocycles. The molecule has 14 heteroatoms. The number of ether oxygens (including phenoxy) is 1. The van der Waals surface area contributed by atoms with Crippen LogP contribution in [0.3, 0.4) is 0 Å². The highest BCUT2D eigenvalue weighted by Crippen LogP contribution is 2.44. The first-order chi connectivity index (χ1) is 19.9. The van der Waals surface area contributed by atoms with E-state index in [1.165, 1.54) is 40.2 Å². The van der Waals surface area contributed by atoms with Crippen molar-refractivity contribution in [3.63, 3.8) is 0 Å². The van der Waals surface area contributed by atoms with Crippen LogP contribution in [0.1, 0.15) is 36.0 Å². The molecule has 1 unspecified atom stereocenters. The highest BCUT2D eigenvalue weighted by molar-refractivity contribution is 7.11. The minimum absolute atomic E-state index is 0.0330. The standard InChI is InChI=1S/C28H30F3N5O5S/c1-4-41-27(40)20-18(11-36-13-28(30,31)21-19(36)12-35(25(21)37)10-14(2)26(38)39)33-23(24-32-8-9-42-24)34-22(20)16-6-5-7-17(29)15(16)3/h5-9,14,19,21-22H,4,10-13H2,1-3H3,(H,33,34)(H,38,39)/t14?,19-,21-,22-/m0/s1. The number of esters is 1. The number of amidine groups is 1. The Hall–Kier alpha value is -3.78. The van der Waals surface area contributed by atoms with Crippen LogP contribution in [0.5, 0.6) is 0 Å². The van der Waals surface area contributed by atoms with Crippen LogP contribution in [-0.2, 0) is 19.1 Å². The van der Waals surface area contributed by atoms with Gasteiger partial charge in [-0.15, -0.1) is 11.3 Å². The molecule has 3 aliphatic heterocycles. The zero-order valence-corrected chi connectivity index (χ0v) is 24.0. The number of nitrogens with zero attached hydrogens (tertiary/aromatic N) is 4. The van der Waals surface area contributed by atoms with Gasteiger partial charge in [0.25, 0.3) is 5.92 Å². The number of carboxylic acids is 1. The largest absolute Gasteiger partial charge is 0.481 e. The average molecular weight is 606 g/mol. The number of fused-ring (bicyclic) bond motifs is 1. The van der Waals surface area contributed by atoms with Crippen molar-refractivity contribution in [2.24, 2.45) is 16.8 Å². The van der Waals surface area contributed by atoms with E-state index >= 15 is 8.78 Å². The molecule has 2 saturated heterocycles. The SMILES string of the molecule is CCOC(=O)C1=C(CN2CC(F)(F)[C@@H]3C(=O)N(CC(C)C(=O)O)C[C@@H]32)NC(c2nccs2)=N[C@H]1c1cccc(F)c1C. The van der Waals surface area contributed by atoms with Crippen molar-refractivity contribution < 1.29 is 37.4 Å². The number of likely N-dealkylation sites (tertiary alicyclic amines) is 2. The smallest absolute Gasteiger partial charge is 0.338 e. The Morgan fingerprint density at radius 1 is 1.33 bits per heavy atom. The third-order valence-corrected chi connectivity index (χ3v) is 8.63. The minimum atomic E-state index is -3.38. The lowest BCUT2D eigenvalue weighted by molar-refractivity contribution is -0.145. The molecular formula is C28H30F3N5O5S. The quantitative estimate of drug-likeness (QED) is 0.418. The zero-order chi connectivity index (χ0) is 30.3. The van der Waals surface area contributed by atoms with Crippen LogP contribution in [0.15, 0.2) is 46.0 Å². The van der Waals surface area contributed by atoms with E-state index in [9.17, 15) is 23.9 Å². The van der Waals surface area contributed by atoms with Gasteiger partial charge in [0, 0.05) is 43.0 Å². The van der Waals surface area contributed by atoms with Crippen LogP contribution in [0.2, 0.25) is 0 Å². The lowest BCUT2D eigenvalue weighted by Crippen LogP contribution is -2.44. The van der Waals surface area contributed by atoms with Crippen LogP contribution in [-0.4, -0.2) is 88.3 Å². The van der Waals surface area contributed by atoms with Crippen molar-refractivity contribution in [1.82, 2.24) is 20.1 Å². The van der Waals surface area contributed by atoms with Crippen molar-refractivity contribution in [2.45, 2.75) is 38.8 Å². The number of benzene rings is 1. The molecule has 2 aromatic rings. The number of aromatic nitrogens is 1. The molecule has 2 N–H and O–H groups in total. The highest BCUT2D eigenvalue weighted by atomic mass is 32.1. The number of hydrogen-bond donors (Lipinski definition) is 2. The topological polar surface area (TPSA) is 124 Å². The van der Waals surface area contributed by atoms with Crippen molar-refractivity contribution in [1.29, 1.82) is 0 Å². The Balaban J connectivity index is 1.56. The fourth-order valence-corrected chi connectivity index (χ4v) is 6.36. The molecule has 10 nitrogen and oxygen atoms in total. The first-order valence-electron chi connectivity index (χ1n) is 13.5. The van der Waals surface area contributed by atoms with Gasteiger partial charge in [0.1, 0.15) is 17.8 Å². The number of carbonyl (C=O) groups excluding carboxylic acids is 2. The normalized spacial score (nSPS) is 24.3. The maximum Gasteiger partial charge on any atom is 0.338 e. The predicted molar refractivity (Wildman–Crippen MR) is 147 cm³/mol. The Morgan fingerprint density at radius 2 is 2.10 bits per heavy atom. The molecule has 42 heavy (non-hydrogen) atoms. The lowest BCUT2D eigenvalue weighted by atomic mass is 9.92. The van der Waals surface area contributed by atoms with Gasteiger partial charge in [0.05, 0.1) is 24.6 Å². The lowest BCUT2D eigenvalue weighted by Gasteiger charge is -2.31. The summed E-state index contributed by atoms with van der Waals surface area (Å²) in [7, 11) is 0. The number of aliphatic imine (C=N–C) groups is 1. The Morgan fingerprint density at radius 3 is 2.76 bits per heavy atom. The number of hydrogen-bond acceptors (Lipinski definition) is 9. The van der Waals surface area contributed by atoms with Gasteiger partial charge in [-0.3, -0.25) is 19.5 Å². The minimum Gasteiger partial charge on any atom is -0.481 e. The number of rotatable bonds is 9. The molecule has 224 valence electrons. The fourth-order valence-electron chi connectivity index (χ4n) is 5.77. The maximum absolute atomic E-state index is 15.3. The second kappa shape index (κ2) is 11.5. The van der Waals surface area contributed by atoms with Crippen LogP contribution >= 0.6 is 11.3 Å². The molecule has 0 saturated carbocycles. The second-order valence-corrected chi connectivity index (χ2v) is 11.5. The monoisotopic (exact) mass is 605 g/mol. The summed E-state index contributed by atoms with van der Waals surface area (Å²) in [6.07, 6.45) is 1.57. The van der Waals surface area contributed by atoms with Crippen molar-refractivity contribution in [2.75, 3.05) is 32.8 Å². The Bertz CT molecular complexity index is 1460. The summed E-state index contributed by atoms with van der Waals surface area (Å²) in [4.78, 5) is 49.4. The molecule has 0 aliphatic carbocycles. The molecule has 0 radical (unpaired) electrons. The number of halogens is 3. The van der Waals surface area contributed by atoms with E-state index in [-0.39, 0.29) is 48.9 Å². The van der Waals surface area contributed by atoms with Gasteiger partial charge in [-0.05, 0) is 31.0 Å². The van der Waals surface area contributed by atoms with E-state index in [1.807, 2.05) is 0 Å². The van der Waals surface area contributed by atoms with Crippen LogP contribution in [0, 0.1) is 24.6 Å². The van der Waals surface area contributed by atoms with E-state index in [0.29, 0.717) is 10.6 Å². The van der Waals surface area contributed by atoms with Crippen LogP contribution in [0.25, 0.3) is 0 Å². The molecule has 1 aromatic heterocycles. The summed E-state index contributed by atoms with van der Waals surface area (Å²) in [5, 5.41) is 14.6. The number of carbonyl (C=O) groups is 3. The van der Waals surface area contributed by atoms with E-state index in [1.54, 1.807) is 31.5 Å². The third-order valence-electron chi connectivity index (χ3n) is 7.85. The van der Waals surface area contributed by atoms with Gasteiger partial charge in [-0.2, -0.15) is 0 Å². The predicted octanol–water partition coefficient (Wildman–Crippen LogP) is 3.00. The number of thiazole rings is 1. The fraction of sp³-hybridized carbons (Fsp3) is 0.464. The van der Waals surface area contributed by atoms with Gasteiger partial charge in [-0.1, -0.05) is 19.1 Å². The third kappa shape index (κ3) is 5.40. The molecule has 2 fully saturated rings. The van der Waals surface area contributed by atoms with E-state index in [4.69, 9.17) is 9.73 Å². The van der Waals surface area contributed by atoms with Gasteiger partial charge in [0.2, 0.25) is 5.91 Å². The molecule has 0 bridgehead atoms. The number of carboxylic acid groups (broad SMARTS) is 1. The first-order valence-corrected chi connectivity index (χ1v) is 14.3. The van der Waals surface area contributed by atoms with Crippen LogP contribution < -0.4 is 5.32 Å². The van der Waals surface area contributed by atoms with Gasteiger partial charge >= 0.3 is 11.9 Å². The average Bonchev–Trinajstić information content (AvgIpc) is 3.63. The molecule has 4 heterocycles. The number of amides is 1. The van der Waals surface area contributed by atoms with Gasteiger partial charge in [0.15, 0.2) is 10.8 Å². The van der Waals surface area contributed by atoms with Crippen LogP contribution in [0.4, 0.5) is 13.2 Å². The van der Waals surface area contributed by atoms with Crippen molar-refractivity contribution in [3.8, 4) is 0 Å². The van der Waals surface area contributed by atoms with Crippen molar-refractivity contribution >= 4 is 35.0 Å². The van der Waals surface area contributed by atoms with E-state index in [2.05, 4.69) is 10.3 Å². The van der Waals surface area contributed by atoms with Crippen molar-refractivity contribution in [3.05, 3.63) is 63.0 Å². The summed E-state index contributed by atoms with van der Waals surface area (Å²) in [6.45, 7) is 3.42. The van der Waals surface area contributed by atoms with E-state index < -0.39 is 60.0 Å². The molecule has 1 amide bonds. The molecule has 3 aliphatic rings. The van der Waals surface area contributed by atoms with Gasteiger partial charge < -0.3 is 20.1 Å². The molecule has 0 spiro atoms.